The Labute approximate surface area is 166 Å². The largest absolute Gasteiger partial charge is 0.478 e. The van der Waals surface area contributed by atoms with E-state index in [9.17, 15) is 24.0 Å². The summed E-state index contributed by atoms with van der Waals surface area (Å²) in [4.78, 5) is 46.2. The zero-order chi connectivity index (χ0) is 21.4. The number of aliphatic carboxylic acids is 5. The van der Waals surface area contributed by atoms with Gasteiger partial charge in [0.2, 0.25) is 0 Å². The molecule has 12 heteroatoms. The lowest BCUT2D eigenvalue weighted by Gasteiger charge is -1.64. The molecule has 0 aliphatic carbocycles. The maximum atomic E-state index is 9.25. The van der Waals surface area contributed by atoms with Crippen LogP contribution >= 0.6 is 23.4 Å². The molecular weight excluding hydrogens is 403 g/mol. The van der Waals surface area contributed by atoms with Gasteiger partial charge in [-0.05, 0) is 0 Å². The van der Waals surface area contributed by atoms with Crippen molar-refractivity contribution in [2.24, 2.45) is 0 Å². The van der Waals surface area contributed by atoms with Crippen molar-refractivity contribution in [3.05, 3.63) is 63.3 Å². The van der Waals surface area contributed by atoms with Gasteiger partial charge in [-0.2, -0.15) is 23.4 Å². The highest BCUT2D eigenvalue weighted by molar-refractivity contribution is 7.59. The van der Waals surface area contributed by atoms with Gasteiger partial charge in [-0.25, -0.2) is 24.0 Å². The Morgan fingerprint density at radius 3 is 0.481 bits per heavy atom. The smallest absolute Gasteiger partial charge is 0.327 e. The highest BCUT2D eigenvalue weighted by Gasteiger charge is 1.75. The van der Waals surface area contributed by atoms with Crippen LogP contribution < -0.4 is 0 Å². The number of hydrogen-bond acceptors (Lipinski definition) is 5. The van der Waals surface area contributed by atoms with E-state index in [0.29, 0.717) is 0 Å². The summed E-state index contributed by atoms with van der Waals surface area (Å²) in [6.07, 6.45) is 4.17. The van der Waals surface area contributed by atoms with E-state index in [-0.39, 0.29) is 23.4 Å². The first kappa shape index (κ1) is 43.8. The molecule has 0 aromatic rings. The van der Waals surface area contributed by atoms with Gasteiger partial charge in [-0.15, -0.1) is 0 Å². The lowest BCUT2D eigenvalue weighted by atomic mass is 10.7. The topological polar surface area (TPSA) is 186 Å². The Bertz CT molecular complexity index is 396. The van der Waals surface area contributed by atoms with E-state index in [1.165, 1.54) is 0 Å². The fourth-order valence-corrected chi connectivity index (χ4v) is 0. The molecule has 0 saturated heterocycles. The van der Waals surface area contributed by atoms with Crippen LogP contribution in [0.15, 0.2) is 63.3 Å². The summed E-state index contributed by atoms with van der Waals surface area (Å²) in [5, 5.41) is 38.0. The molecule has 0 bridgehead atoms. The van der Waals surface area contributed by atoms with Gasteiger partial charge in [-0.3, -0.25) is 0 Å². The molecule has 27 heavy (non-hydrogen) atoms. The second kappa shape index (κ2) is 38.4. The van der Waals surface area contributed by atoms with Crippen molar-refractivity contribution in [2.45, 2.75) is 0 Å². The fourth-order valence-electron chi connectivity index (χ4n) is 0. The second-order valence-electron chi connectivity index (χ2n) is 2.71. The van der Waals surface area contributed by atoms with Crippen LogP contribution in [0.5, 0.6) is 0 Å². The van der Waals surface area contributed by atoms with E-state index in [4.69, 9.17) is 25.5 Å². The molecule has 0 aromatic carbocycles. The number of carboxylic acid groups (broad SMARTS) is 5. The third kappa shape index (κ3) is 212. The molecule has 0 rings (SSSR count). The average Bonchev–Trinajstić information content (AvgIpc) is 2.56. The predicted molar refractivity (Wildman–Crippen MR) is 111 cm³/mol. The number of hydrogen-bond donors (Lipinski definition) is 5. The highest BCUT2D eigenvalue weighted by Crippen LogP contribution is 1.56. The van der Waals surface area contributed by atoms with Gasteiger partial charge in [0.05, 0.1) is 0 Å². The first-order chi connectivity index (χ1) is 11.4. The van der Waals surface area contributed by atoms with Crippen LogP contribution in [0.2, 0.25) is 0 Å². The SMILES string of the molecule is C=CC(=O)O.C=CC(=O)O.C=CC(=O)O.C=CC(=O)O.C=CC(=O)O.P.S. The molecule has 1 atom stereocenters. The molecule has 1 unspecified atom stereocenters. The van der Waals surface area contributed by atoms with Crippen LogP contribution in [0.3, 0.4) is 0 Å². The molecule has 0 aliphatic rings. The Morgan fingerprint density at radius 2 is 0.481 bits per heavy atom. The Hall–Kier alpha value is -3.17. The van der Waals surface area contributed by atoms with E-state index in [0.717, 1.165) is 30.4 Å². The first-order valence-electron chi connectivity index (χ1n) is 5.62. The molecule has 0 fully saturated rings. The van der Waals surface area contributed by atoms with E-state index < -0.39 is 29.8 Å². The maximum absolute atomic E-state index is 9.25. The van der Waals surface area contributed by atoms with E-state index >= 15 is 0 Å². The van der Waals surface area contributed by atoms with Gasteiger partial charge in [0.15, 0.2) is 0 Å². The molecule has 0 aliphatic heterocycles. The third-order valence-corrected chi connectivity index (χ3v) is 0.873. The molecule has 0 heterocycles. The molecular formula is C15H25O10PS. The van der Waals surface area contributed by atoms with Crippen LogP contribution in [0, 0.1) is 0 Å². The number of carboxylic acids is 5. The Balaban J connectivity index is -0.0000000364. The molecule has 10 nitrogen and oxygen atoms in total. The zero-order valence-electron chi connectivity index (χ0n) is 14.4. The van der Waals surface area contributed by atoms with E-state index in [1.54, 1.807) is 0 Å². The zero-order valence-corrected chi connectivity index (χ0v) is 16.8. The third-order valence-electron chi connectivity index (χ3n) is 0.873. The average molecular weight is 428 g/mol. The van der Waals surface area contributed by atoms with Gasteiger partial charge >= 0.3 is 29.8 Å². The Kier molecular flexibility index (Phi) is 62.4. The lowest BCUT2D eigenvalue weighted by Crippen LogP contribution is -1.82. The monoisotopic (exact) mass is 428 g/mol. The number of rotatable bonds is 5. The van der Waals surface area contributed by atoms with Gasteiger partial charge in [-0.1, -0.05) is 32.9 Å². The summed E-state index contributed by atoms with van der Waals surface area (Å²) in [7, 11) is 0. The molecule has 156 valence electrons. The van der Waals surface area contributed by atoms with Crippen LogP contribution in [0.4, 0.5) is 0 Å². The Morgan fingerprint density at radius 1 is 0.444 bits per heavy atom. The standard InChI is InChI=1S/5C3H4O2.H3P.H2S/c5*1-2-3(4)5;;/h5*2H,1H2,(H,4,5);1H3;1H2. The minimum Gasteiger partial charge on any atom is -0.478 e. The normalized spacial score (nSPS) is 5.93. The molecule has 0 amide bonds. The van der Waals surface area contributed by atoms with Crippen molar-refractivity contribution in [3.8, 4) is 0 Å². The summed E-state index contributed by atoms with van der Waals surface area (Å²) in [5.74, 6) is -4.91. The summed E-state index contributed by atoms with van der Waals surface area (Å²) in [6, 6.07) is 0. The first-order valence-corrected chi connectivity index (χ1v) is 5.62. The minimum atomic E-state index is -0.981. The number of carbonyl (C=O) groups is 5. The summed E-state index contributed by atoms with van der Waals surface area (Å²) in [6.45, 7) is 14.8. The van der Waals surface area contributed by atoms with Crippen molar-refractivity contribution in [2.75, 3.05) is 0 Å². The van der Waals surface area contributed by atoms with Crippen LogP contribution in [-0.2, 0) is 24.0 Å². The highest BCUT2D eigenvalue weighted by atomic mass is 32.1. The van der Waals surface area contributed by atoms with Crippen molar-refractivity contribution < 1.29 is 49.5 Å². The van der Waals surface area contributed by atoms with Crippen molar-refractivity contribution in [3.63, 3.8) is 0 Å². The van der Waals surface area contributed by atoms with Crippen LogP contribution in [0.1, 0.15) is 0 Å². The second-order valence-corrected chi connectivity index (χ2v) is 2.71. The molecule has 5 N–H and O–H groups in total. The quantitative estimate of drug-likeness (QED) is 0.317. The molecule has 0 aromatic heterocycles. The minimum absolute atomic E-state index is 0. The van der Waals surface area contributed by atoms with Gasteiger partial charge < -0.3 is 25.5 Å². The van der Waals surface area contributed by atoms with E-state index in [2.05, 4.69) is 32.9 Å². The fraction of sp³-hybridized carbons (Fsp3) is 0. The van der Waals surface area contributed by atoms with Crippen LogP contribution in [-0.4, -0.2) is 55.4 Å². The van der Waals surface area contributed by atoms with Gasteiger partial charge in [0.1, 0.15) is 0 Å². The molecule has 0 saturated carbocycles. The van der Waals surface area contributed by atoms with Crippen molar-refractivity contribution >= 4 is 53.2 Å². The van der Waals surface area contributed by atoms with Gasteiger partial charge in [0.25, 0.3) is 0 Å². The predicted octanol–water partition coefficient (Wildman–Crippen LogP) is 1.46. The van der Waals surface area contributed by atoms with Gasteiger partial charge in [0, 0.05) is 30.4 Å². The van der Waals surface area contributed by atoms with Crippen LogP contribution in [0.25, 0.3) is 0 Å². The van der Waals surface area contributed by atoms with E-state index in [1.807, 2.05) is 0 Å². The molecule has 0 radical (unpaired) electrons. The summed E-state index contributed by atoms with van der Waals surface area (Å²) in [5.41, 5.74) is 0. The summed E-state index contributed by atoms with van der Waals surface area (Å²) >= 11 is 0. The van der Waals surface area contributed by atoms with Crippen molar-refractivity contribution in [1.82, 2.24) is 0 Å². The molecule has 0 spiro atoms. The lowest BCUT2D eigenvalue weighted by molar-refractivity contribution is -0.132. The maximum Gasteiger partial charge on any atom is 0.327 e. The summed E-state index contributed by atoms with van der Waals surface area (Å²) < 4.78 is 0. The van der Waals surface area contributed by atoms with Crippen molar-refractivity contribution in [1.29, 1.82) is 0 Å².